The molecular weight excluding hydrogens is 288 g/mol. The molecule has 1 N–H and O–H groups in total. The van der Waals surface area contributed by atoms with Gasteiger partial charge in [0.2, 0.25) is 0 Å². The van der Waals surface area contributed by atoms with E-state index < -0.39 is 5.97 Å². The third kappa shape index (κ3) is 3.29. The van der Waals surface area contributed by atoms with Crippen LogP contribution in [-0.2, 0) is 17.3 Å². The third-order valence-corrected chi connectivity index (χ3v) is 3.99. The van der Waals surface area contributed by atoms with E-state index in [4.69, 9.17) is 5.11 Å². The van der Waals surface area contributed by atoms with Gasteiger partial charge in [-0.2, -0.15) is 5.10 Å². The van der Waals surface area contributed by atoms with Gasteiger partial charge in [0, 0.05) is 24.4 Å². The number of imidazole rings is 1. The number of hydrogen-bond acceptors (Lipinski definition) is 4. The fraction of sp³-hybridized carbons (Fsp3) is 0.500. The van der Waals surface area contributed by atoms with Gasteiger partial charge in [0.25, 0.3) is 0 Å². The first kappa shape index (κ1) is 15.6. The molecular formula is C14H20N4O2S. The second-order valence-corrected chi connectivity index (χ2v) is 6.91. The minimum atomic E-state index is -0.852. The molecule has 0 saturated heterocycles. The molecule has 114 valence electrons. The normalized spacial score (nSPS) is 11.9. The van der Waals surface area contributed by atoms with Crippen molar-refractivity contribution in [2.24, 2.45) is 7.05 Å². The van der Waals surface area contributed by atoms with Gasteiger partial charge in [-0.3, -0.25) is 14.0 Å². The molecule has 0 spiro atoms. The lowest BCUT2D eigenvalue weighted by atomic mass is 9.92. The van der Waals surface area contributed by atoms with Crippen LogP contribution in [0.15, 0.2) is 17.6 Å². The standard InChI is InChI=1S/C14H20N4O2S/c1-9-10(7-17(5)16-9)18-11(14(2,3)4)6-15-13(18)21-8-12(19)20/h6-7H,8H2,1-5H3,(H,19,20). The number of thioether (sulfide) groups is 1. The van der Waals surface area contributed by atoms with E-state index in [1.807, 2.05) is 30.9 Å². The Hall–Kier alpha value is -1.76. The van der Waals surface area contributed by atoms with Gasteiger partial charge in [0.1, 0.15) is 0 Å². The Balaban J connectivity index is 2.56. The molecule has 0 radical (unpaired) electrons. The van der Waals surface area contributed by atoms with Crippen LogP contribution >= 0.6 is 11.8 Å². The zero-order chi connectivity index (χ0) is 15.8. The number of aryl methyl sites for hydroxylation is 2. The van der Waals surface area contributed by atoms with Crippen LogP contribution in [0.4, 0.5) is 0 Å². The van der Waals surface area contributed by atoms with E-state index in [2.05, 4.69) is 30.9 Å². The van der Waals surface area contributed by atoms with Crippen molar-refractivity contribution >= 4 is 17.7 Å². The topological polar surface area (TPSA) is 72.9 Å². The van der Waals surface area contributed by atoms with Crippen LogP contribution in [0.25, 0.3) is 5.69 Å². The quantitative estimate of drug-likeness (QED) is 0.878. The molecule has 2 rings (SSSR count). The average molecular weight is 308 g/mol. The Bertz CT molecular complexity index is 667. The number of aromatic nitrogens is 4. The number of carboxylic acid groups (broad SMARTS) is 1. The molecule has 2 aromatic rings. The molecule has 2 heterocycles. The van der Waals surface area contributed by atoms with E-state index in [1.54, 1.807) is 4.68 Å². The smallest absolute Gasteiger partial charge is 0.313 e. The molecule has 0 aliphatic heterocycles. The summed E-state index contributed by atoms with van der Waals surface area (Å²) in [5, 5.41) is 13.9. The summed E-state index contributed by atoms with van der Waals surface area (Å²) in [6.07, 6.45) is 3.74. The van der Waals surface area contributed by atoms with Crippen molar-refractivity contribution in [2.75, 3.05) is 5.75 Å². The fourth-order valence-corrected chi connectivity index (χ4v) is 2.84. The van der Waals surface area contributed by atoms with Gasteiger partial charge in [-0.25, -0.2) is 4.98 Å². The molecule has 2 aromatic heterocycles. The van der Waals surface area contributed by atoms with Crippen LogP contribution in [0.1, 0.15) is 32.2 Å². The van der Waals surface area contributed by atoms with Crippen LogP contribution in [0.2, 0.25) is 0 Å². The van der Waals surface area contributed by atoms with Crippen LogP contribution in [-0.4, -0.2) is 36.2 Å². The number of rotatable bonds is 4. The van der Waals surface area contributed by atoms with E-state index in [0.29, 0.717) is 5.16 Å². The first-order valence-corrected chi connectivity index (χ1v) is 7.62. The molecule has 0 aromatic carbocycles. The maximum Gasteiger partial charge on any atom is 0.313 e. The lowest BCUT2D eigenvalue weighted by Crippen LogP contribution is -2.17. The third-order valence-electron chi connectivity index (χ3n) is 3.05. The predicted octanol–water partition coefficient (Wildman–Crippen LogP) is 2.39. The first-order chi connectivity index (χ1) is 9.70. The molecule has 0 saturated carbocycles. The number of nitrogens with zero attached hydrogens (tertiary/aromatic N) is 4. The highest BCUT2D eigenvalue weighted by Crippen LogP contribution is 2.31. The van der Waals surface area contributed by atoms with Gasteiger partial charge in [0.05, 0.1) is 23.3 Å². The zero-order valence-corrected chi connectivity index (χ0v) is 13.7. The van der Waals surface area contributed by atoms with Crippen LogP contribution in [0.5, 0.6) is 0 Å². The summed E-state index contributed by atoms with van der Waals surface area (Å²) >= 11 is 1.22. The van der Waals surface area contributed by atoms with Gasteiger partial charge in [0.15, 0.2) is 5.16 Å². The molecule has 21 heavy (non-hydrogen) atoms. The largest absolute Gasteiger partial charge is 0.481 e. The Morgan fingerprint density at radius 1 is 1.43 bits per heavy atom. The van der Waals surface area contributed by atoms with Crippen molar-refractivity contribution < 1.29 is 9.90 Å². The van der Waals surface area contributed by atoms with Gasteiger partial charge in [-0.05, 0) is 6.92 Å². The van der Waals surface area contributed by atoms with Crippen LogP contribution in [0.3, 0.4) is 0 Å². The number of aliphatic carboxylic acids is 1. The Kier molecular flexibility index (Phi) is 4.13. The SMILES string of the molecule is Cc1nn(C)cc1-n1c(C(C)(C)C)cnc1SCC(=O)O. The highest BCUT2D eigenvalue weighted by atomic mass is 32.2. The van der Waals surface area contributed by atoms with Crippen molar-refractivity contribution in [2.45, 2.75) is 38.3 Å². The Morgan fingerprint density at radius 2 is 2.10 bits per heavy atom. The number of hydrogen-bond donors (Lipinski definition) is 1. The summed E-state index contributed by atoms with van der Waals surface area (Å²) in [5.41, 5.74) is 2.76. The summed E-state index contributed by atoms with van der Waals surface area (Å²) in [6.45, 7) is 8.26. The highest BCUT2D eigenvalue weighted by molar-refractivity contribution is 7.99. The van der Waals surface area contributed by atoms with Gasteiger partial charge >= 0.3 is 5.97 Å². The van der Waals surface area contributed by atoms with Crippen molar-refractivity contribution in [3.8, 4) is 5.69 Å². The second-order valence-electron chi connectivity index (χ2n) is 5.97. The summed E-state index contributed by atoms with van der Waals surface area (Å²) in [7, 11) is 1.87. The van der Waals surface area contributed by atoms with Crippen molar-refractivity contribution in [3.63, 3.8) is 0 Å². The summed E-state index contributed by atoms with van der Waals surface area (Å²) in [4.78, 5) is 15.2. The van der Waals surface area contributed by atoms with Crippen molar-refractivity contribution in [1.29, 1.82) is 0 Å². The molecule has 6 nitrogen and oxygen atoms in total. The van der Waals surface area contributed by atoms with Crippen molar-refractivity contribution in [3.05, 3.63) is 23.8 Å². The fourth-order valence-electron chi connectivity index (χ4n) is 2.13. The number of carboxylic acids is 1. The van der Waals surface area contributed by atoms with Crippen molar-refractivity contribution in [1.82, 2.24) is 19.3 Å². The maximum absolute atomic E-state index is 10.8. The zero-order valence-electron chi connectivity index (χ0n) is 12.9. The van der Waals surface area contributed by atoms with Crippen LogP contribution < -0.4 is 0 Å². The lowest BCUT2D eigenvalue weighted by molar-refractivity contribution is -0.133. The number of carbonyl (C=O) groups is 1. The molecule has 0 aliphatic carbocycles. The minimum Gasteiger partial charge on any atom is -0.481 e. The molecule has 0 aliphatic rings. The Labute approximate surface area is 128 Å². The van der Waals surface area contributed by atoms with E-state index in [9.17, 15) is 4.79 Å². The molecule has 0 amide bonds. The highest BCUT2D eigenvalue weighted by Gasteiger charge is 2.24. The average Bonchev–Trinajstić information content (AvgIpc) is 2.88. The molecule has 7 heteroatoms. The van der Waals surface area contributed by atoms with E-state index in [1.165, 1.54) is 11.8 Å². The van der Waals surface area contributed by atoms with E-state index in [0.717, 1.165) is 17.1 Å². The van der Waals surface area contributed by atoms with Gasteiger partial charge < -0.3 is 5.11 Å². The molecule has 0 atom stereocenters. The van der Waals surface area contributed by atoms with E-state index in [-0.39, 0.29) is 11.2 Å². The van der Waals surface area contributed by atoms with Gasteiger partial charge in [-0.15, -0.1) is 0 Å². The minimum absolute atomic E-state index is 0.0140. The summed E-state index contributed by atoms with van der Waals surface area (Å²) in [5.74, 6) is -0.866. The predicted molar refractivity (Wildman–Crippen MR) is 82.1 cm³/mol. The maximum atomic E-state index is 10.8. The molecule has 0 fully saturated rings. The van der Waals surface area contributed by atoms with Gasteiger partial charge in [-0.1, -0.05) is 32.5 Å². The first-order valence-electron chi connectivity index (χ1n) is 6.63. The summed E-state index contributed by atoms with van der Waals surface area (Å²) < 4.78 is 3.76. The van der Waals surface area contributed by atoms with Crippen LogP contribution in [0, 0.1) is 6.92 Å². The Morgan fingerprint density at radius 3 is 2.57 bits per heavy atom. The lowest BCUT2D eigenvalue weighted by Gasteiger charge is -2.21. The molecule has 0 unspecified atom stereocenters. The monoisotopic (exact) mass is 308 g/mol. The summed E-state index contributed by atoms with van der Waals surface area (Å²) in [6, 6.07) is 0. The van der Waals surface area contributed by atoms with E-state index >= 15 is 0 Å². The second kappa shape index (κ2) is 5.55. The molecule has 0 bridgehead atoms.